The number of nitrogens with one attached hydrogen (secondary N) is 2. The van der Waals surface area contributed by atoms with Crippen LogP contribution in [-0.2, 0) is 9.84 Å². The van der Waals surface area contributed by atoms with Gasteiger partial charge in [0.2, 0.25) is 0 Å². The molecule has 3 fully saturated rings. The van der Waals surface area contributed by atoms with Gasteiger partial charge in [0, 0.05) is 37.8 Å². The van der Waals surface area contributed by atoms with Crippen LogP contribution in [0.5, 0.6) is 0 Å². The van der Waals surface area contributed by atoms with E-state index in [2.05, 4.69) is 36.3 Å². The molecule has 0 aromatic heterocycles. The summed E-state index contributed by atoms with van der Waals surface area (Å²) in [7, 11) is -2.82. The number of guanidine groups is 1. The van der Waals surface area contributed by atoms with Gasteiger partial charge < -0.3 is 10.6 Å². The molecule has 24 heavy (non-hydrogen) atoms. The summed E-state index contributed by atoms with van der Waals surface area (Å²) >= 11 is 0. The quantitative estimate of drug-likeness (QED) is 0.564. The Morgan fingerprint density at radius 3 is 2.50 bits per heavy atom. The van der Waals surface area contributed by atoms with Crippen molar-refractivity contribution in [1.82, 2.24) is 15.5 Å². The number of aliphatic imine (C=N–C) groups is 1. The van der Waals surface area contributed by atoms with E-state index in [1.807, 2.05) is 0 Å². The van der Waals surface area contributed by atoms with Crippen molar-refractivity contribution in [1.29, 1.82) is 0 Å². The van der Waals surface area contributed by atoms with E-state index in [9.17, 15) is 8.42 Å². The minimum Gasteiger partial charge on any atom is -0.354 e. The lowest BCUT2D eigenvalue weighted by Crippen LogP contribution is -2.47. The summed E-state index contributed by atoms with van der Waals surface area (Å²) in [6.45, 7) is 9.55. The standard InChI is InChI=1S/C17H32N4O2S/c1-12(2)21-9-13(3)16(10-21)20-17(19-15-4-5-15)18-8-14-6-7-24(22,23)11-14/h12-16H,4-11H2,1-3H3,(H2,18,19,20). The Kier molecular flexibility index (Phi) is 5.39. The third kappa shape index (κ3) is 4.85. The molecule has 0 amide bonds. The SMILES string of the molecule is CC1CN(C(C)C)CC1NC(=NCC1CCS(=O)(=O)C1)NC1CC1. The molecule has 0 bridgehead atoms. The van der Waals surface area contributed by atoms with Crippen LogP contribution in [0.4, 0.5) is 0 Å². The summed E-state index contributed by atoms with van der Waals surface area (Å²) in [5, 5.41) is 7.11. The Morgan fingerprint density at radius 2 is 1.96 bits per heavy atom. The van der Waals surface area contributed by atoms with Gasteiger partial charge in [0.25, 0.3) is 0 Å². The first-order valence-corrected chi connectivity index (χ1v) is 11.2. The molecule has 0 spiro atoms. The highest BCUT2D eigenvalue weighted by molar-refractivity contribution is 7.91. The van der Waals surface area contributed by atoms with Crippen LogP contribution in [0.3, 0.4) is 0 Å². The van der Waals surface area contributed by atoms with E-state index >= 15 is 0 Å². The predicted octanol–water partition coefficient (Wildman–Crippen LogP) is 0.847. The molecule has 7 heteroatoms. The molecule has 3 aliphatic rings. The van der Waals surface area contributed by atoms with Crippen molar-refractivity contribution in [2.45, 2.75) is 58.2 Å². The number of nitrogens with zero attached hydrogens (tertiary/aromatic N) is 2. The van der Waals surface area contributed by atoms with Crippen molar-refractivity contribution >= 4 is 15.8 Å². The summed E-state index contributed by atoms with van der Waals surface area (Å²) in [6.07, 6.45) is 3.16. The van der Waals surface area contributed by atoms with Crippen LogP contribution in [0.1, 0.15) is 40.0 Å². The fourth-order valence-corrected chi connectivity index (χ4v) is 5.43. The van der Waals surface area contributed by atoms with Crippen molar-refractivity contribution in [3.63, 3.8) is 0 Å². The maximum Gasteiger partial charge on any atom is 0.191 e. The van der Waals surface area contributed by atoms with Gasteiger partial charge in [-0.3, -0.25) is 9.89 Å². The first kappa shape index (κ1) is 18.0. The maximum absolute atomic E-state index is 11.6. The Balaban J connectivity index is 1.58. The summed E-state index contributed by atoms with van der Waals surface area (Å²) < 4.78 is 23.2. The molecule has 0 aromatic carbocycles. The molecule has 3 rings (SSSR count). The molecular weight excluding hydrogens is 324 g/mol. The molecule has 1 saturated carbocycles. The van der Waals surface area contributed by atoms with Crippen molar-refractivity contribution in [3.05, 3.63) is 0 Å². The van der Waals surface area contributed by atoms with Gasteiger partial charge >= 0.3 is 0 Å². The normalized spacial score (nSPS) is 34.0. The van der Waals surface area contributed by atoms with Crippen LogP contribution in [0.15, 0.2) is 4.99 Å². The van der Waals surface area contributed by atoms with Crippen LogP contribution in [0.2, 0.25) is 0 Å². The van der Waals surface area contributed by atoms with Gasteiger partial charge in [-0.2, -0.15) is 0 Å². The fraction of sp³-hybridized carbons (Fsp3) is 0.941. The Bertz CT molecular complexity index is 571. The van der Waals surface area contributed by atoms with E-state index < -0.39 is 9.84 Å². The average molecular weight is 357 g/mol. The minimum atomic E-state index is -2.82. The van der Waals surface area contributed by atoms with Crippen molar-refractivity contribution < 1.29 is 8.42 Å². The molecule has 3 unspecified atom stereocenters. The zero-order valence-electron chi connectivity index (χ0n) is 15.2. The molecular formula is C17H32N4O2S. The smallest absolute Gasteiger partial charge is 0.191 e. The van der Waals surface area contributed by atoms with Gasteiger partial charge in [-0.1, -0.05) is 6.92 Å². The van der Waals surface area contributed by atoms with Crippen molar-refractivity contribution in [3.8, 4) is 0 Å². The third-order valence-electron chi connectivity index (χ3n) is 5.45. The zero-order valence-corrected chi connectivity index (χ0v) is 16.0. The van der Waals surface area contributed by atoms with Gasteiger partial charge in [-0.25, -0.2) is 8.42 Å². The number of hydrogen-bond donors (Lipinski definition) is 2. The molecule has 138 valence electrons. The molecule has 0 aromatic rings. The number of likely N-dealkylation sites (tertiary alicyclic amines) is 1. The van der Waals surface area contributed by atoms with Gasteiger partial charge in [0.15, 0.2) is 15.8 Å². The number of sulfone groups is 1. The lowest BCUT2D eigenvalue weighted by Gasteiger charge is -2.22. The molecule has 2 heterocycles. The van der Waals surface area contributed by atoms with Crippen LogP contribution < -0.4 is 10.6 Å². The second kappa shape index (κ2) is 7.20. The summed E-state index contributed by atoms with van der Waals surface area (Å²) in [5.74, 6) is 2.28. The van der Waals surface area contributed by atoms with Crippen LogP contribution >= 0.6 is 0 Å². The zero-order chi connectivity index (χ0) is 17.3. The van der Waals surface area contributed by atoms with E-state index in [1.165, 1.54) is 12.8 Å². The maximum atomic E-state index is 11.6. The second-order valence-corrected chi connectivity index (χ2v) is 10.4. The predicted molar refractivity (Wildman–Crippen MR) is 98.0 cm³/mol. The first-order chi connectivity index (χ1) is 11.3. The lowest BCUT2D eigenvalue weighted by atomic mass is 10.1. The van der Waals surface area contributed by atoms with Gasteiger partial charge in [0.05, 0.1) is 11.5 Å². The molecule has 3 atom stereocenters. The lowest BCUT2D eigenvalue weighted by molar-refractivity contribution is 0.265. The molecule has 2 aliphatic heterocycles. The third-order valence-corrected chi connectivity index (χ3v) is 7.28. The average Bonchev–Trinajstić information content (AvgIpc) is 3.14. The van der Waals surface area contributed by atoms with Gasteiger partial charge in [-0.15, -0.1) is 0 Å². The van der Waals surface area contributed by atoms with E-state index in [1.54, 1.807) is 0 Å². The highest BCUT2D eigenvalue weighted by Crippen LogP contribution is 2.22. The first-order valence-electron chi connectivity index (χ1n) is 9.34. The van der Waals surface area contributed by atoms with E-state index in [0.717, 1.165) is 25.5 Å². The van der Waals surface area contributed by atoms with Crippen LogP contribution in [-0.4, -0.2) is 68.5 Å². The highest BCUT2D eigenvalue weighted by atomic mass is 32.2. The number of rotatable bonds is 5. The Hall–Kier alpha value is -0.820. The minimum absolute atomic E-state index is 0.181. The number of hydrogen-bond acceptors (Lipinski definition) is 4. The molecule has 6 nitrogen and oxygen atoms in total. The van der Waals surface area contributed by atoms with Gasteiger partial charge in [-0.05, 0) is 44.9 Å². The van der Waals surface area contributed by atoms with Crippen LogP contribution in [0.25, 0.3) is 0 Å². The highest BCUT2D eigenvalue weighted by Gasteiger charge is 2.33. The second-order valence-electron chi connectivity index (χ2n) is 8.15. The molecule has 1 aliphatic carbocycles. The van der Waals surface area contributed by atoms with Crippen molar-refractivity contribution in [2.24, 2.45) is 16.8 Å². The molecule has 2 saturated heterocycles. The fourth-order valence-electron chi connectivity index (χ4n) is 3.58. The van der Waals surface area contributed by atoms with Crippen molar-refractivity contribution in [2.75, 3.05) is 31.1 Å². The molecule has 0 radical (unpaired) electrons. The van der Waals surface area contributed by atoms with Crippen LogP contribution in [0, 0.1) is 11.8 Å². The summed E-state index contributed by atoms with van der Waals surface area (Å²) in [5.41, 5.74) is 0. The summed E-state index contributed by atoms with van der Waals surface area (Å²) in [4.78, 5) is 7.23. The Labute approximate surface area is 146 Å². The summed E-state index contributed by atoms with van der Waals surface area (Å²) in [6, 6.07) is 1.52. The van der Waals surface area contributed by atoms with E-state index in [0.29, 0.717) is 42.1 Å². The Morgan fingerprint density at radius 1 is 1.21 bits per heavy atom. The monoisotopic (exact) mass is 356 g/mol. The van der Waals surface area contributed by atoms with E-state index in [-0.39, 0.29) is 5.92 Å². The van der Waals surface area contributed by atoms with E-state index in [4.69, 9.17) is 4.99 Å². The van der Waals surface area contributed by atoms with Gasteiger partial charge in [0.1, 0.15) is 0 Å². The molecule has 2 N–H and O–H groups in total. The largest absolute Gasteiger partial charge is 0.354 e. The topological polar surface area (TPSA) is 73.8 Å².